The number of hydrogen-bond acceptors (Lipinski definition) is 4. The van der Waals surface area contributed by atoms with E-state index in [-0.39, 0.29) is 13.0 Å². The van der Waals surface area contributed by atoms with Crippen LogP contribution in [-0.4, -0.2) is 20.3 Å². The van der Waals surface area contributed by atoms with Gasteiger partial charge in [-0.3, -0.25) is 0 Å². The van der Waals surface area contributed by atoms with Crippen LogP contribution in [0, 0.1) is 28.1 Å². The van der Waals surface area contributed by atoms with Crippen LogP contribution in [0.25, 0.3) is 0 Å². The highest BCUT2D eigenvalue weighted by atomic mass is 35.5. The molecule has 1 unspecified atom stereocenters. The van der Waals surface area contributed by atoms with Crippen LogP contribution >= 0.6 is 11.6 Å². The summed E-state index contributed by atoms with van der Waals surface area (Å²) in [5.41, 5.74) is -0.895. The molecule has 1 atom stereocenters. The predicted octanol–water partition coefficient (Wildman–Crippen LogP) is 2.64. The summed E-state index contributed by atoms with van der Waals surface area (Å²) in [6.07, 6.45) is 0.279. The SMILES string of the molecule is COCC(C#N)(C#N)CC1(c2cccc(Cl)c2)CO1. The predicted molar refractivity (Wildman–Crippen MR) is 69.2 cm³/mol. The van der Waals surface area contributed by atoms with Crippen molar-refractivity contribution in [2.45, 2.75) is 12.0 Å². The third-order valence-corrected chi connectivity index (χ3v) is 3.48. The van der Waals surface area contributed by atoms with E-state index in [1.165, 1.54) is 7.11 Å². The van der Waals surface area contributed by atoms with E-state index >= 15 is 0 Å². The van der Waals surface area contributed by atoms with Crippen molar-refractivity contribution in [3.8, 4) is 12.1 Å². The zero-order chi connectivity index (χ0) is 13.9. The molecule has 1 heterocycles. The molecule has 0 aromatic heterocycles. The van der Waals surface area contributed by atoms with E-state index in [1.807, 2.05) is 24.3 Å². The van der Waals surface area contributed by atoms with Crippen molar-refractivity contribution < 1.29 is 9.47 Å². The molecule has 2 rings (SSSR count). The van der Waals surface area contributed by atoms with Gasteiger partial charge in [0.25, 0.3) is 0 Å². The minimum atomic E-state index is -1.20. The molecule has 1 saturated heterocycles. The molecule has 1 aliphatic heterocycles. The molecule has 1 aromatic rings. The molecule has 0 amide bonds. The van der Waals surface area contributed by atoms with Crippen molar-refractivity contribution in [1.82, 2.24) is 0 Å². The minimum absolute atomic E-state index is 0.0612. The normalized spacial score (nSPS) is 21.5. The van der Waals surface area contributed by atoms with Crippen LogP contribution in [0.5, 0.6) is 0 Å². The molecular weight excluding hydrogens is 264 g/mol. The smallest absolute Gasteiger partial charge is 0.170 e. The van der Waals surface area contributed by atoms with Gasteiger partial charge in [-0.1, -0.05) is 23.7 Å². The number of rotatable bonds is 5. The van der Waals surface area contributed by atoms with E-state index in [0.29, 0.717) is 11.6 Å². The molecule has 0 bridgehead atoms. The van der Waals surface area contributed by atoms with E-state index < -0.39 is 11.0 Å². The lowest BCUT2D eigenvalue weighted by atomic mass is 9.79. The monoisotopic (exact) mass is 276 g/mol. The Morgan fingerprint density at radius 1 is 1.47 bits per heavy atom. The first kappa shape index (κ1) is 13.8. The third-order valence-electron chi connectivity index (χ3n) is 3.25. The Labute approximate surface area is 117 Å². The second-order valence-electron chi connectivity index (χ2n) is 4.71. The van der Waals surface area contributed by atoms with E-state index in [9.17, 15) is 10.5 Å². The van der Waals surface area contributed by atoms with Crippen molar-refractivity contribution in [3.05, 3.63) is 34.9 Å². The van der Waals surface area contributed by atoms with Crippen molar-refractivity contribution in [3.63, 3.8) is 0 Å². The Hall–Kier alpha value is -1.59. The maximum absolute atomic E-state index is 9.27. The first-order valence-corrected chi connectivity index (χ1v) is 6.19. The number of epoxide rings is 1. The fourth-order valence-corrected chi connectivity index (χ4v) is 2.37. The number of nitrogens with zero attached hydrogens (tertiary/aromatic N) is 2. The molecule has 4 nitrogen and oxygen atoms in total. The molecule has 0 aliphatic carbocycles. The maximum atomic E-state index is 9.27. The lowest BCUT2D eigenvalue weighted by molar-refractivity contribution is 0.118. The standard InChI is InChI=1S/C14H13ClN2O2/c1-18-9-13(7-16,8-17)6-14(10-19-14)11-3-2-4-12(15)5-11/h2-5H,6,9-10H2,1H3. The summed E-state index contributed by atoms with van der Waals surface area (Å²) >= 11 is 5.97. The van der Waals surface area contributed by atoms with Gasteiger partial charge in [-0.2, -0.15) is 10.5 Å². The molecule has 1 aliphatic rings. The van der Waals surface area contributed by atoms with Crippen molar-refractivity contribution in [2.24, 2.45) is 5.41 Å². The molecule has 0 radical (unpaired) electrons. The van der Waals surface area contributed by atoms with Gasteiger partial charge >= 0.3 is 0 Å². The average Bonchev–Trinajstić information content (AvgIpc) is 3.19. The fraction of sp³-hybridized carbons (Fsp3) is 0.429. The van der Waals surface area contributed by atoms with Gasteiger partial charge in [0.15, 0.2) is 5.41 Å². The van der Waals surface area contributed by atoms with Crippen molar-refractivity contribution in [1.29, 1.82) is 10.5 Å². The van der Waals surface area contributed by atoms with E-state index in [2.05, 4.69) is 0 Å². The van der Waals surface area contributed by atoms with Gasteiger partial charge in [0.1, 0.15) is 5.60 Å². The Morgan fingerprint density at radius 3 is 2.63 bits per heavy atom. The Bertz CT molecular complexity index is 541. The Morgan fingerprint density at radius 2 is 2.16 bits per heavy atom. The zero-order valence-corrected chi connectivity index (χ0v) is 11.3. The lowest BCUT2D eigenvalue weighted by Gasteiger charge is -2.22. The van der Waals surface area contributed by atoms with Crippen LogP contribution in [-0.2, 0) is 15.1 Å². The summed E-state index contributed by atoms with van der Waals surface area (Å²) in [5.74, 6) is 0. The number of halogens is 1. The second kappa shape index (κ2) is 5.19. The molecule has 98 valence electrons. The highest BCUT2D eigenvalue weighted by Gasteiger charge is 2.53. The van der Waals surface area contributed by atoms with Gasteiger partial charge in [-0.05, 0) is 17.7 Å². The largest absolute Gasteiger partial charge is 0.382 e. The molecule has 1 aromatic carbocycles. The molecule has 0 N–H and O–H groups in total. The van der Waals surface area contributed by atoms with Gasteiger partial charge < -0.3 is 9.47 Å². The van der Waals surface area contributed by atoms with Crippen molar-refractivity contribution >= 4 is 11.6 Å². The molecule has 5 heteroatoms. The summed E-state index contributed by atoms with van der Waals surface area (Å²) in [6, 6.07) is 11.4. The van der Waals surface area contributed by atoms with Gasteiger partial charge in [0.05, 0.1) is 25.4 Å². The van der Waals surface area contributed by atoms with E-state index in [1.54, 1.807) is 12.1 Å². The molecule has 1 fully saturated rings. The number of hydrogen-bond donors (Lipinski definition) is 0. The quantitative estimate of drug-likeness (QED) is 0.775. The molecule has 0 saturated carbocycles. The number of nitriles is 2. The molecule has 19 heavy (non-hydrogen) atoms. The van der Waals surface area contributed by atoms with Gasteiger partial charge in [0.2, 0.25) is 0 Å². The maximum Gasteiger partial charge on any atom is 0.170 e. The van der Waals surface area contributed by atoms with Crippen LogP contribution in [0.2, 0.25) is 5.02 Å². The second-order valence-corrected chi connectivity index (χ2v) is 5.15. The first-order valence-electron chi connectivity index (χ1n) is 5.81. The summed E-state index contributed by atoms with van der Waals surface area (Å²) in [6.45, 7) is 0.549. The van der Waals surface area contributed by atoms with Crippen molar-refractivity contribution in [2.75, 3.05) is 20.3 Å². The summed E-state index contributed by atoms with van der Waals surface area (Å²) in [4.78, 5) is 0. The van der Waals surface area contributed by atoms with Gasteiger partial charge in [0, 0.05) is 18.6 Å². The number of ether oxygens (including phenoxy) is 2. The summed E-state index contributed by atoms with van der Waals surface area (Å²) < 4.78 is 10.5. The number of benzene rings is 1. The van der Waals surface area contributed by atoms with Crippen LogP contribution in [0.3, 0.4) is 0 Å². The highest BCUT2D eigenvalue weighted by Crippen LogP contribution is 2.47. The highest BCUT2D eigenvalue weighted by molar-refractivity contribution is 6.30. The third kappa shape index (κ3) is 2.72. The average molecular weight is 277 g/mol. The van der Waals surface area contributed by atoms with Crippen LogP contribution < -0.4 is 0 Å². The molecule has 0 spiro atoms. The molecular formula is C14H13ClN2O2. The topological polar surface area (TPSA) is 69.3 Å². The number of methoxy groups -OCH3 is 1. The van der Waals surface area contributed by atoms with Gasteiger partial charge in [-0.15, -0.1) is 0 Å². The van der Waals surface area contributed by atoms with E-state index in [4.69, 9.17) is 21.1 Å². The fourth-order valence-electron chi connectivity index (χ4n) is 2.18. The summed E-state index contributed by atoms with van der Waals surface area (Å²) in [5, 5.41) is 19.1. The lowest BCUT2D eigenvalue weighted by Crippen LogP contribution is -2.29. The zero-order valence-electron chi connectivity index (χ0n) is 10.5. The van der Waals surface area contributed by atoms with E-state index in [0.717, 1.165) is 5.56 Å². The van der Waals surface area contributed by atoms with Crippen LogP contribution in [0.4, 0.5) is 0 Å². The first-order chi connectivity index (χ1) is 9.10. The van der Waals surface area contributed by atoms with Crippen LogP contribution in [0.15, 0.2) is 24.3 Å². The summed E-state index contributed by atoms with van der Waals surface area (Å²) in [7, 11) is 1.48. The van der Waals surface area contributed by atoms with Gasteiger partial charge in [-0.25, -0.2) is 0 Å². The minimum Gasteiger partial charge on any atom is -0.382 e. The Balaban J connectivity index is 2.27. The van der Waals surface area contributed by atoms with Crippen LogP contribution in [0.1, 0.15) is 12.0 Å². The Kier molecular flexibility index (Phi) is 3.78.